The molecule has 0 atom stereocenters. The van der Waals surface area contributed by atoms with Crippen LogP contribution in [0.1, 0.15) is 0 Å². The lowest BCUT2D eigenvalue weighted by atomic mass is 10.0. The van der Waals surface area contributed by atoms with Crippen LogP contribution in [0.15, 0.2) is 66.1 Å². The van der Waals surface area contributed by atoms with Gasteiger partial charge in [-0.05, 0) is 36.4 Å². The predicted molar refractivity (Wildman–Crippen MR) is 115 cm³/mol. The van der Waals surface area contributed by atoms with Crippen molar-refractivity contribution >= 4 is 28.7 Å². The Morgan fingerprint density at radius 3 is 2.47 bits per heavy atom. The van der Waals surface area contributed by atoms with Crippen molar-refractivity contribution in [1.29, 1.82) is 0 Å². The van der Waals surface area contributed by atoms with Gasteiger partial charge in [0.05, 0.1) is 11.4 Å². The van der Waals surface area contributed by atoms with Crippen molar-refractivity contribution in [3.8, 4) is 11.1 Å². The van der Waals surface area contributed by atoms with Gasteiger partial charge in [-0.3, -0.25) is 9.59 Å². The summed E-state index contributed by atoms with van der Waals surface area (Å²) in [6.45, 7) is 3.45. The van der Waals surface area contributed by atoms with Gasteiger partial charge >= 0.3 is 0 Å². The summed E-state index contributed by atoms with van der Waals surface area (Å²) in [6.07, 6.45) is 2.73. The highest BCUT2D eigenvalue weighted by Crippen LogP contribution is 2.37. The van der Waals surface area contributed by atoms with Crippen LogP contribution in [0.4, 0.5) is 31.5 Å². The van der Waals surface area contributed by atoms with Crippen molar-refractivity contribution in [3.05, 3.63) is 83.3 Å². The van der Waals surface area contributed by atoms with Crippen molar-refractivity contribution < 1.29 is 13.6 Å². The molecule has 3 aromatic rings. The van der Waals surface area contributed by atoms with E-state index in [4.69, 9.17) is 0 Å². The number of benzene rings is 2. The molecule has 0 aliphatic heterocycles. The molecule has 6 nitrogen and oxygen atoms in total. The zero-order chi connectivity index (χ0) is 21.8. The Morgan fingerprint density at radius 2 is 1.80 bits per heavy atom. The van der Waals surface area contributed by atoms with Gasteiger partial charge in [0.25, 0.3) is 5.56 Å². The van der Waals surface area contributed by atoms with Crippen LogP contribution in [-0.2, 0) is 11.8 Å². The third-order valence-electron chi connectivity index (χ3n) is 4.45. The van der Waals surface area contributed by atoms with E-state index in [9.17, 15) is 18.4 Å². The Kier molecular flexibility index (Phi) is 5.96. The fraction of sp³-hybridized carbons (Fsp3) is 0.0909. The minimum Gasteiger partial charge on any atom is -0.384 e. The number of carbonyl (C=O) groups is 1. The molecular weight excluding hydrogens is 390 g/mol. The molecule has 3 rings (SSSR count). The first kappa shape index (κ1) is 20.8. The van der Waals surface area contributed by atoms with E-state index in [1.54, 1.807) is 44.6 Å². The van der Waals surface area contributed by atoms with E-state index in [1.807, 2.05) is 0 Å². The maximum absolute atomic E-state index is 14.2. The minimum absolute atomic E-state index is 0.0588. The molecule has 0 bridgehead atoms. The molecule has 0 aliphatic rings. The molecule has 0 radical (unpaired) electrons. The number of hydrogen-bond acceptors (Lipinski definition) is 4. The number of carbonyl (C=O) groups excluding carboxylic acids is 1. The molecule has 1 heterocycles. The number of halogens is 2. The van der Waals surface area contributed by atoms with Crippen molar-refractivity contribution in [1.82, 2.24) is 4.57 Å². The van der Waals surface area contributed by atoms with Gasteiger partial charge in [0.1, 0.15) is 17.3 Å². The van der Waals surface area contributed by atoms with Crippen LogP contribution < -0.4 is 21.5 Å². The molecule has 30 heavy (non-hydrogen) atoms. The maximum atomic E-state index is 14.2. The third-order valence-corrected chi connectivity index (χ3v) is 4.45. The second-order valence-corrected chi connectivity index (χ2v) is 6.48. The monoisotopic (exact) mass is 410 g/mol. The van der Waals surface area contributed by atoms with Gasteiger partial charge in [-0.2, -0.15) is 0 Å². The fourth-order valence-electron chi connectivity index (χ4n) is 3.02. The van der Waals surface area contributed by atoms with E-state index in [-0.39, 0.29) is 11.2 Å². The Bertz CT molecular complexity index is 1190. The Balaban J connectivity index is 2.22. The molecule has 8 heteroatoms. The van der Waals surface area contributed by atoms with Crippen LogP contribution >= 0.6 is 0 Å². The highest BCUT2D eigenvalue weighted by molar-refractivity contribution is 6.04. The zero-order valence-electron chi connectivity index (χ0n) is 16.4. The van der Waals surface area contributed by atoms with Gasteiger partial charge in [0, 0.05) is 43.2 Å². The number of nitrogens with zero attached hydrogens (tertiary/aromatic N) is 1. The average Bonchev–Trinajstić information content (AvgIpc) is 2.72. The zero-order valence-corrected chi connectivity index (χ0v) is 16.4. The lowest BCUT2D eigenvalue weighted by molar-refractivity contribution is -0.111. The number of pyridine rings is 1. The Hall–Kier alpha value is -3.94. The van der Waals surface area contributed by atoms with Crippen LogP contribution in [0.5, 0.6) is 0 Å². The molecule has 0 fully saturated rings. The summed E-state index contributed by atoms with van der Waals surface area (Å²) in [5.74, 6) is -1.89. The van der Waals surface area contributed by atoms with Gasteiger partial charge in [0.15, 0.2) is 0 Å². The quantitative estimate of drug-likeness (QED) is 0.532. The number of anilines is 4. The van der Waals surface area contributed by atoms with Crippen LogP contribution in [-0.4, -0.2) is 17.5 Å². The molecule has 0 saturated carbocycles. The van der Waals surface area contributed by atoms with Crippen LogP contribution in [0.25, 0.3) is 11.1 Å². The number of hydrogen-bond donors (Lipinski definition) is 3. The van der Waals surface area contributed by atoms with Crippen molar-refractivity contribution in [3.63, 3.8) is 0 Å². The fourth-order valence-corrected chi connectivity index (χ4v) is 3.02. The number of aromatic nitrogens is 1. The first-order chi connectivity index (χ1) is 14.3. The lowest BCUT2D eigenvalue weighted by Crippen LogP contribution is -2.19. The second-order valence-electron chi connectivity index (χ2n) is 6.48. The summed E-state index contributed by atoms with van der Waals surface area (Å²) in [5.41, 5.74) is 2.15. The predicted octanol–water partition coefficient (Wildman–Crippen LogP) is 4.24. The Morgan fingerprint density at radius 1 is 1.07 bits per heavy atom. The largest absolute Gasteiger partial charge is 0.384 e. The van der Waals surface area contributed by atoms with E-state index >= 15 is 0 Å². The topological polar surface area (TPSA) is 75.2 Å². The molecule has 0 aliphatic carbocycles. The van der Waals surface area contributed by atoms with E-state index in [0.29, 0.717) is 28.2 Å². The molecule has 0 saturated heterocycles. The number of nitrogens with one attached hydrogen (secondary N) is 3. The highest BCUT2D eigenvalue weighted by atomic mass is 19.1. The third kappa shape index (κ3) is 4.22. The van der Waals surface area contributed by atoms with E-state index in [2.05, 4.69) is 22.5 Å². The normalized spacial score (nSPS) is 10.4. The molecule has 0 spiro atoms. The lowest BCUT2D eigenvalue weighted by Gasteiger charge is -2.18. The average molecular weight is 410 g/mol. The maximum Gasteiger partial charge on any atom is 0.273 e. The summed E-state index contributed by atoms with van der Waals surface area (Å²) in [7, 11) is 3.23. The van der Waals surface area contributed by atoms with Gasteiger partial charge in [-0.1, -0.05) is 12.6 Å². The van der Waals surface area contributed by atoms with Gasteiger partial charge in [-0.15, -0.1) is 0 Å². The van der Waals surface area contributed by atoms with Crippen molar-refractivity contribution in [2.24, 2.45) is 7.05 Å². The van der Waals surface area contributed by atoms with E-state index in [1.165, 1.54) is 10.6 Å². The molecule has 0 unspecified atom stereocenters. The number of aryl methyl sites for hydroxylation is 1. The summed E-state index contributed by atoms with van der Waals surface area (Å²) in [4.78, 5) is 24.2. The standard InChI is InChI=1S/C22H20F2N4O2/c1-4-20(29)27-18-7-5-6-17(26-16-9-8-14(23)11-15(16)24)21(18)13-10-19(25-2)22(30)28(3)12-13/h4-12,25-26H,1H2,2-3H3,(H,27,29). The highest BCUT2D eigenvalue weighted by Gasteiger charge is 2.16. The second kappa shape index (κ2) is 8.60. The summed E-state index contributed by atoms with van der Waals surface area (Å²) >= 11 is 0. The summed E-state index contributed by atoms with van der Waals surface area (Å²) in [5, 5.41) is 8.51. The summed E-state index contributed by atoms with van der Waals surface area (Å²) in [6, 6.07) is 9.86. The smallest absolute Gasteiger partial charge is 0.273 e. The van der Waals surface area contributed by atoms with Crippen LogP contribution in [0.3, 0.4) is 0 Å². The van der Waals surface area contributed by atoms with Crippen molar-refractivity contribution in [2.75, 3.05) is 23.0 Å². The summed E-state index contributed by atoms with van der Waals surface area (Å²) < 4.78 is 28.9. The number of rotatable bonds is 6. The molecule has 2 aromatic carbocycles. The van der Waals surface area contributed by atoms with Crippen LogP contribution in [0.2, 0.25) is 0 Å². The molecule has 1 amide bonds. The SMILES string of the molecule is C=CC(=O)Nc1cccc(Nc2ccc(F)cc2F)c1-c1cc(NC)c(=O)n(C)c1. The molecule has 154 valence electrons. The number of amides is 1. The first-order valence-corrected chi connectivity index (χ1v) is 9.01. The van der Waals surface area contributed by atoms with Gasteiger partial charge < -0.3 is 20.5 Å². The van der Waals surface area contributed by atoms with E-state index in [0.717, 1.165) is 18.2 Å². The molecule has 1 aromatic heterocycles. The van der Waals surface area contributed by atoms with E-state index < -0.39 is 17.5 Å². The minimum atomic E-state index is -0.766. The molecule has 3 N–H and O–H groups in total. The Labute approximate surface area is 171 Å². The van der Waals surface area contributed by atoms with Crippen molar-refractivity contribution in [2.45, 2.75) is 0 Å². The van der Waals surface area contributed by atoms with Crippen LogP contribution in [0, 0.1) is 11.6 Å². The van der Waals surface area contributed by atoms with Gasteiger partial charge in [0.2, 0.25) is 5.91 Å². The molecular formula is C22H20F2N4O2. The van der Waals surface area contributed by atoms with Gasteiger partial charge in [-0.25, -0.2) is 8.78 Å². The first-order valence-electron chi connectivity index (χ1n) is 9.01.